The molecule has 0 radical (unpaired) electrons. The number of nitrogens with zero attached hydrogens (tertiary/aromatic N) is 3. The van der Waals surface area contributed by atoms with Crippen LogP contribution < -0.4 is 0 Å². The highest BCUT2D eigenvalue weighted by Crippen LogP contribution is 2.51. The molecule has 3 aromatic heterocycles. The highest BCUT2D eigenvalue weighted by atomic mass is 16.3. The molecule has 0 fully saturated rings. The van der Waals surface area contributed by atoms with Gasteiger partial charge in [0.05, 0.1) is 0 Å². The number of furan rings is 2. The lowest BCUT2D eigenvalue weighted by Crippen LogP contribution is -2.17. The molecular formula is C60H41N3O2. The van der Waals surface area contributed by atoms with Crippen molar-refractivity contribution in [2.45, 2.75) is 19.3 Å². The fourth-order valence-corrected chi connectivity index (χ4v) is 10.0. The van der Waals surface area contributed by atoms with Gasteiger partial charge in [0.25, 0.3) is 0 Å². The van der Waals surface area contributed by atoms with E-state index in [9.17, 15) is 0 Å². The van der Waals surface area contributed by atoms with Gasteiger partial charge < -0.3 is 8.83 Å². The average molecular weight is 836 g/mol. The van der Waals surface area contributed by atoms with E-state index >= 15 is 0 Å². The number of hydrogen-bond acceptors (Lipinski definition) is 5. The van der Waals surface area contributed by atoms with Crippen LogP contribution in [0.3, 0.4) is 0 Å². The quantitative estimate of drug-likeness (QED) is 0.153. The summed E-state index contributed by atoms with van der Waals surface area (Å²) in [6, 6.07) is 61.0. The van der Waals surface area contributed by atoms with Gasteiger partial charge in [-0.2, -0.15) is 0 Å². The van der Waals surface area contributed by atoms with Crippen molar-refractivity contribution in [1.29, 1.82) is 0 Å². The lowest BCUT2D eigenvalue weighted by Gasteiger charge is -2.26. The zero-order valence-electron chi connectivity index (χ0n) is 36.0. The minimum absolute atomic E-state index is 0.224. The summed E-state index contributed by atoms with van der Waals surface area (Å²) in [4.78, 5) is 15.7. The van der Waals surface area contributed by atoms with Gasteiger partial charge in [0, 0.05) is 43.7 Å². The van der Waals surface area contributed by atoms with Gasteiger partial charge >= 0.3 is 0 Å². The summed E-state index contributed by atoms with van der Waals surface area (Å²) in [7, 11) is 0. The molecule has 65 heavy (non-hydrogen) atoms. The van der Waals surface area contributed by atoms with E-state index in [0.29, 0.717) is 17.5 Å². The summed E-state index contributed by atoms with van der Waals surface area (Å²) in [6.45, 7) is 12.9. The Balaban J connectivity index is 1.01. The third kappa shape index (κ3) is 6.19. The topological polar surface area (TPSA) is 65.0 Å². The highest BCUT2D eigenvalue weighted by Gasteiger charge is 2.37. The largest absolute Gasteiger partial charge is 0.456 e. The van der Waals surface area contributed by atoms with E-state index in [2.05, 4.69) is 160 Å². The molecule has 1 aliphatic carbocycles. The molecule has 5 nitrogen and oxygen atoms in total. The first-order valence-electron chi connectivity index (χ1n) is 21.9. The average Bonchev–Trinajstić information content (AvgIpc) is 4.00. The summed E-state index contributed by atoms with van der Waals surface area (Å²) >= 11 is 0. The minimum Gasteiger partial charge on any atom is -0.456 e. The zero-order valence-corrected chi connectivity index (χ0v) is 36.0. The van der Waals surface area contributed by atoms with Crippen LogP contribution in [0.2, 0.25) is 0 Å². The fourth-order valence-electron chi connectivity index (χ4n) is 10.0. The Hall–Kier alpha value is -8.41. The molecule has 3 heterocycles. The molecule has 0 amide bonds. The molecule has 0 spiro atoms. The maximum absolute atomic E-state index is 6.58. The summed E-state index contributed by atoms with van der Waals surface area (Å²) < 4.78 is 12.9. The van der Waals surface area contributed by atoms with Crippen molar-refractivity contribution in [3.63, 3.8) is 0 Å². The van der Waals surface area contributed by atoms with Gasteiger partial charge in [-0.05, 0) is 104 Å². The van der Waals surface area contributed by atoms with Gasteiger partial charge in [-0.1, -0.05) is 167 Å². The molecule has 0 saturated heterocycles. The minimum atomic E-state index is -0.224. The van der Waals surface area contributed by atoms with Crippen molar-refractivity contribution < 1.29 is 8.83 Å². The number of allylic oxidation sites excluding steroid dienone is 4. The summed E-state index contributed by atoms with van der Waals surface area (Å²) in [5, 5.41) is 4.04. The lowest BCUT2D eigenvalue weighted by molar-refractivity contribution is 0.656. The number of hydrogen-bond donors (Lipinski definition) is 0. The molecule has 308 valence electrons. The first-order chi connectivity index (χ1) is 31.9. The standard InChI is InChI=1S/C60H41N3O2/c1-5-43-47-24-14-23-44(56(47)60(3,4)50(43)6-2)40-20-12-19-38(32-40)39-29-31-52-49(34-39)55-48(25-15-27-53(55)64-52)59-62-57(41-21-13-18-37(33-41)36-16-8-7-9-17-36)61-58(63-59)42-28-30-46-45-22-10-11-26-51(45)65-54(46)35-42/h5-35H,1-2H2,3-4H3. The second kappa shape index (κ2) is 14.9. The van der Waals surface area contributed by atoms with Crippen molar-refractivity contribution >= 4 is 49.5 Å². The second-order valence-electron chi connectivity index (χ2n) is 17.2. The van der Waals surface area contributed by atoms with Gasteiger partial charge in [0.2, 0.25) is 0 Å². The monoisotopic (exact) mass is 835 g/mol. The Morgan fingerprint density at radius 1 is 0.400 bits per heavy atom. The first kappa shape index (κ1) is 38.3. The summed E-state index contributed by atoms with van der Waals surface area (Å²) in [5.41, 5.74) is 17.1. The molecule has 0 aliphatic heterocycles. The van der Waals surface area contributed by atoms with Crippen LogP contribution in [0.4, 0.5) is 0 Å². The summed E-state index contributed by atoms with van der Waals surface area (Å²) in [5.74, 6) is 1.67. The third-order valence-electron chi connectivity index (χ3n) is 13.1. The molecular weight excluding hydrogens is 795 g/mol. The molecule has 11 aromatic rings. The van der Waals surface area contributed by atoms with Crippen molar-refractivity contribution in [1.82, 2.24) is 15.0 Å². The molecule has 5 heteroatoms. The maximum atomic E-state index is 6.58. The van der Waals surface area contributed by atoms with E-state index in [1.807, 2.05) is 54.6 Å². The second-order valence-corrected chi connectivity index (χ2v) is 17.2. The lowest BCUT2D eigenvalue weighted by atomic mass is 9.77. The number of benzene rings is 8. The van der Waals surface area contributed by atoms with E-state index in [0.717, 1.165) is 94.0 Å². The van der Waals surface area contributed by atoms with Crippen LogP contribution >= 0.6 is 0 Å². The van der Waals surface area contributed by atoms with Gasteiger partial charge in [0.1, 0.15) is 22.3 Å². The molecule has 0 saturated carbocycles. The van der Waals surface area contributed by atoms with E-state index in [1.165, 1.54) is 22.3 Å². The Kier molecular flexibility index (Phi) is 8.75. The Morgan fingerprint density at radius 3 is 1.77 bits per heavy atom. The van der Waals surface area contributed by atoms with Crippen molar-refractivity contribution in [2.24, 2.45) is 0 Å². The fraction of sp³-hybridized carbons (Fsp3) is 0.0500. The third-order valence-corrected chi connectivity index (χ3v) is 13.1. The maximum Gasteiger partial charge on any atom is 0.164 e. The Bertz CT molecular complexity index is 3790. The first-order valence-corrected chi connectivity index (χ1v) is 21.9. The molecule has 0 bridgehead atoms. The van der Waals surface area contributed by atoms with Gasteiger partial charge in [-0.25, -0.2) is 15.0 Å². The molecule has 0 unspecified atom stereocenters. The van der Waals surface area contributed by atoms with E-state index in [-0.39, 0.29) is 5.41 Å². The van der Waals surface area contributed by atoms with Crippen LogP contribution in [0.1, 0.15) is 25.0 Å². The van der Waals surface area contributed by atoms with Crippen molar-refractivity contribution in [3.8, 4) is 67.5 Å². The number of aromatic nitrogens is 3. The predicted molar refractivity (Wildman–Crippen MR) is 267 cm³/mol. The number of para-hydroxylation sites is 1. The number of rotatable bonds is 8. The van der Waals surface area contributed by atoms with Crippen LogP contribution in [0.15, 0.2) is 216 Å². The Labute approximate surface area is 376 Å². The summed E-state index contributed by atoms with van der Waals surface area (Å²) in [6.07, 6.45) is 3.95. The van der Waals surface area contributed by atoms with Crippen LogP contribution in [0.5, 0.6) is 0 Å². The molecule has 1 aliphatic rings. The Morgan fingerprint density at radius 2 is 0.954 bits per heavy atom. The molecule has 8 aromatic carbocycles. The van der Waals surface area contributed by atoms with Crippen LogP contribution in [0, 0.1) is 0 Å². The van der Waals surface area contributed by atoms with Gasteiger partial charge in [0.15, 0.2) is 17.5 Å². The van der Waals surface area contributed by atoms with Gasteiger partial charge in [-0.15, -0.1) is 0 Å². The smallest absolute Gasteiger partial charge is 0.164 e. The van der Waals surface area contributed by atoms with E-state index < -0.39 is 0 Å². The van der Waals surface area contributed by atoms with Crippen molar-refractivity contribution in [3.05, 3.63) is 218 Å². The van der Waals surface area contributed by atoms with Crippen LogP contribution in [0.25, 0.3) is 117 Å². The van der Waals surface area contributed by atoms with Crippen LogP contribution in [-0.4, -0.2) is 15.0 Å². The van der Waals surface area contributed by atoms with E-state index in [1.54, 1.807) is 0 Å². The molecule has 12 rings (SSSR count). The predicted octanol–water partition coefficient (Wildman–Crippen LogP) is 16.1. The van der Waals surface area contributed by atoms with Crippen molar-refractivity contribution in [2.75, 3.05) is 0 Å². The highest BCUT2D eigenvalue weighted by molar-refractivity contribution is 6.13. The molecule has 0 atom stereocenters. The normalized spacial score (nSPS) is 13.3. The zero-order chi connectivity index (χ0) is 43.8. The SMILES string of the molecule is C=CC1=C(C=C)C(C)(C)c2c1cccc2-c1cccc(-c2ccc3oc4cccc(-c5nc(-c6cccc(-c7ccccc7)c6)nc(-c6ccc7c(c6)oc6ccccc67)n5)c4c3c2)c1. The van der Waals surface area contributed by atoms with Gasteiger partial charge in [-0.3, -0.25) is 0 Å². The number of fused-ring (bicyclic) bond motifs is 7. The van der Waals surface area contributed by atoms with E-state index in [4.69, 9.17) is 23.8 Å². The van der Waals surface area contributed by atoms with Crippen LogP contribution in [-0.2, 0) is 5.41 Å². The molecule has 0 N–H and O–H groups in total.